The minimum absolute atomic E-state index is 0.000279. The summed E-state index contributed by atoms with van der Waals surface area (Å²) >= 11 is 0. The van der Waals surface area contributed by atoms with Crippen LogP contribution in [0.25, 0.3) is 0 Å². The Bertz CT molecular complexity index is 515. The third-order valence-electron chi connectivity index (χ3n) is 5.22. The van der Waals surface area contributed by atoms with E-state index < -0.39 is 5.60 Å². The van der Waals surface area contributed by atoms with Crippen LogP contribution in [0.5, 0.6) is 0 Å². The summed E-state index contributed by atoms with van der Waals surface area (Å²) in [5.41, 5.74) is -0.378. The van der Waals surface area contributed by atoms with Crippen molar-refractivity contribution in [2.45, 2.75) is 40.2 Å². The minimum Gasteiger partial charge on any atom is -0.383 e. The Hall–Kier alpha value is -1.36. The number of aliphatic hydroxyl groups is 1. The van der Waals surface area contributed by atoms with Crippen molar-refractivity contribution in [3.8, 4) is 0 Å². The fourth-order valence-electron chi connectivity index (χ4n) is 3.01. The van der Waals surface area contributed by atoms with Gasteiger partial charge < -0.3 is 10.4 Å². The molecule has 0 aromatic carbocycles. The van der Waals surface area contributed by atoms with Crippen molar-refractivity contribution in [2.24, 2.45) is 23.8 Å². The molecule has 112 valence electrons. The Kier molecular flexibility index (Phi) is 3.25. The summed E-state index contributed by atoms with van der Waals surface area (Å²) in [6, 6.07) is 0. The van der Waals surface area contributed by atoms with Gasteiger partial charge in [0.15, 0.2) is 0 Å². The predicted molar refractivity (Wildman–Crippen MR) is 76.8 cm³/mol. The summed E-state index contributed by atoms with van der Waals surface area (Å²) < 4.78 is 1.64. The van der Waals surface area contributed by atoms with Crippen LogP contribution in [0, 0.1) is 16.7 Å². The van der Waals surface area contributed by atoms with Gasteiger partial charge in [-0.05, 0) is 17.8 Å². The summed E-state index contributed by atoms with van der Waals surface area (Å²) in [7, 11) is 1.80. The monoisotopic (exact) mass is 279 g/mol. The van der Waals surface area contributed by atoms with E-state index in [9.17, 15) is 9.90 Å². The molecule has 2 N–H and O–H groups in total. The standard InChI is InChI=1S/C15H25N3O2/c1-13(2)11(14(13,3)4)12(19)16-9-15(5,20)10-7-17-18(6)8-10/h7-8,11,20H,9H2,1-6H3,(H,16,19). The average Bonchev–Trinajstić information content (AvgIpc) is 2.67. The molecule has 20 heavy (non-hydrogen) atoms. The first-order valence-electron chi connectivity index (χ1n) is 6.99. The molecule has 1 atom stereocenters. The lowest BCUT2D eigenvalue weighted by molar-refractivity contribution is -0.124. The molecule has 1 aliphatic carbocycles. The summed E-state index contributed by atoms with van der Waals surface area (Å²) in [5.74, 6) is 0.0175. The number of nitrogens with zero attached hydrogens (tertiary/aromatic N) is 2. The fourth-order valence-corrected chi connectivity index (χ4v) is 3.01. The Morgan fingerprint density at radius 1 is 1.45 bits per heavy atom. The van der Waals surface area contributed by atoms with E-state index in [1.165, 1.54) is 0 Å². The van der Waals surface area contributed by atoms with Gasteiger partial charge in [-0.2, -0.15) is 5.10 Å². The Morgan fingerprint density at radius 2 is 2.00 bits per heavy atom. The quantitative estimate of drug-likeness (QED) is 0.876. The number of hydrogen-bond acceptors (Lipinski definition) is 3. The highest BCUT2D eigenvalue weighted by Crippen LogP contribution is 2.68. The van der Waals surface area contributed by atoms with E-state index in [2.05, 4.69) is 38.1 Å². The van der Waals surface area contributed by atoms with Gasteiger partial charge in [0, 0.05) is 24.7 Å². The molecule has 1 aromatic heterocycles. The van der Waals surface area contributed by atoms with Gasteiger partial charge in [0.05, 0.1) is 12.7 Å². The highest BCUT2D eigenvalue weighted by atomic mass is 16.3. The third-order valence-corrected chi connectivity index (χ3v) is 5.22. The maximum atomic E-state index is 12.3. The van der Waals surface area contributed by atoms with Gasteiger partial charge in [0.1, 0.15) is 5.60 Å². The molecule has 0 radical (unpaired) electrons. The first-order valence-corrected chi connectivity index (χ1v) is 6.99. The second-order valence-corrected chi connectivity index (χ2v) is 7.27. The summed E-state index contributed by atoms with van der Waals surface area (Å²) in [6.45, 7) is 10.3. The summed E-state index contributed by atoms with van der Waals surface area (Å²) in [5, 5.41) is 17.4. The van der Waals surface area contributed by atoms with E-state index in [1.54, 1.807) is 31.0 Å². The zero-order chi connectivity index (χ0) is 15.3. The molecular formula is C15H25N3O2. The molecule has 1 amide bonds. The number of rotatable bonds is 4. The number of aryl methyl sites for hydroxylation is 1. The van der Waals surface area contributed by atoms with E-state index in [4.69, 9.17) is 0 Å². The van der Waals surface area contributed by atoms with Crippen LogP contribution in [0.15, 0.2) is 12.4 Å². The second kappa shape index (κ2) is 4.32. The van der Waals surface area contributed by atoms with E-state index >= 15 is 0 Å². The molecule has 5 nitrogen and oxygen atoms in total. The molecule has 0 bridgehead atoms. The molecule has 1 aromatic rings. The normalized spacial score (nSPS) is 23.1. The van der Waals surface area contributed by atoms with Crippen LogP contribution in [0.2, 0.25) is 0 Å². The Labute approximate surface area is 120 Å². The van der Waals surface area contributed by atoms with Crippen LogP contribution < -0.4 is 5.32 Å². The van der Waals surface area contributed by atoms with E-state index in [0.717, 1.165) is 0 Å². The zero-order valence-corrected chi connectivity index (χ0v) is 13.2. The van der Waals surface area contributed by atoms with E-state index in [1.807, 2.05) is 0 Å². The lowest BCUT2D eigenvalue weighted by atomic mass is 9.99. The van der Waals surface area contributed by atoms with Gasteiger partial charge in [0.25, 0.3) is 0 Å². The SMILES string of the molecule is Cn1cc(C(C)(O)CNC(=O)C2C(C)(C)C2(C)C)cn1. The highest BCUT2D eigenvalue weighted by molar-refractivity contribution is 5.84. The summed E-state index contributed by atoms with van der Waals surface area (Å²) in [4.78, 5) is 12.3. The number of aromatic nitrogens is 2. The molecule has 2 rings (SSSR count). The van der Waals surface area contributed by atoms with Gasteiger partial charge in [-0.15, -0.1) is 0 Å². The maximum Gasteiger partial charge on any atom is 0.224 e. The van der Waals surface area contributed by atoms with Crippen molar-refractivity contribution < 1.29 is 9.90 Å². The van der Waals surface area contributed by atoms with Gasteiger partial charge in [-0.1, -0.05) is 27.7 Å². The Balaban J connectivity index is 1.98. The molecule has 0 spiro atoms. The number of nitrogens with one attached hydrogen (secondary N) is 1. The van der Waals surface area contributed by atoms with Gasteiger partial charge in [-0.3, -0.25) is 9.48 Å². The molecule has 0 aliphatic heterocycles. The van der Waals surface area contributed by atoms with Crippen LogP contribution in [-0.2, 0) is 17.4 Å². The molecule has 1 fully saturated rings. The van der Waals surface area contributed by atoms with Crippen LogP contribution >= 0.6 is 0 Å². The minimum atomic E-state index is -1.10. The number of hydrogen-bond donors (Lipinski definition) is 2. The van der Waals surface area contributed by atoms with Crippen molar-refractivity contribution in [2.75, 3.05) is 6.54 Å². The molecule has 1 saturated carbocycles. The predicted octanol–water partition coefficient (Wildman–Crippen LogP) is 1.43. The van der Waals surface area contributed by atoms with Crippen molar-refractivity contribution >= 4 is 5.91 Å². The van der Waals surface area contributed by atoms with Crippen LogP contribution in [-0.4, -0.2) is 27.3 Å². The number of amides is 1. The van der Waals surface area contributed by atoms with Crippen molar-refractivity contribution in [1.82, 2.24) is 15.1 Å². The molecule has 1 unspecified atom stereocenters. The second-order valence-electron chi connectivity index (χ2n) is 7.27. The van der Waals surface area contributed by atoms with Gasteiger partial charge in [-0.25, -0.2) is 0 Å². The largest absolute Gasteiger partial charge is 0.383 e. The van der Waals surface area contributed by atoms with Gasteiger partial charge in [0.2, 0.25) is 5.91 Å². The third kappa shape index (κ3) is 2.24. The van der Waals surface area contributed by atoms with E-state index in [-0.39, 0.29) is 29.2 Å². The molecule has 0 saturated heterocycles. The highest BCUT2D eigenvalue weighted by Gasteiger charge is 2.68. The van der Waals surface area contributed by atoms with E-state index in [0.29, 0.717) is 5.56 Å². The first-order chi connectivity index (χ1) is 9.00. The van der Waals surface area contributed by atoms with Crippen molar-refractivity contribution in [3.63, 3.8) is 0 Å². The average molecular weight is 279 g/mol. The number of carbonyl (C=O) groups is 1. The molecular weight excluding hydrogens is 254 g/mol. The lowest BCUT2D eigenvalue weighted by Crippen LogP contribution is -2.39. The topological polar surface area (TPSA) is 67.2 Å². The van der Waals surface area contributed by atoms with Crippen LogP contribution in [0.4, 0.5) is 0 Å². The Morgan fingerprint density at radius 3 is 2.40 bits per heavy atom. The molecule has 5 heteroatoms. The van der Waals surface area contributed by atoms with Crippen molar-refractivity contribution in [3.05, 3.63) is 18.0 Å². The first kappa shape index (κ1) is 15.0. The fraction of sp³-hybridized carbons (Fsp3) is 0.733. The molecule has 1 aliphatic rings. The molecule has 1 heterocycles. The van der Waals surface area contributed by atoms with Crippen LogP contribution in [0.1, 0.15) is 40.2 Å². The zero-order valence-electron chi connectivity index (χ0n) is 13.2. The van der Waals surface area contributed by atoms with Crippen molar-refractivity contribution in [1.29, 1.82) is 0 Å². The number of carbonyl (C=O) groups excluding carboxylic acids is 1. The van der Waals surface area contributed by atoms with Gasteiger partial charge >= 0.3 is 0 Å². The lowest BCUT2D eigenvalue weighted by Gasteiger charge is -2.22. The van der Waals surface area contributed by atoms with Crippen LogP contribution in [0.3, 0.4) is 0 Å². The maximum absolute atomic E-state index is 12.3. The summed E-state index contributed by atoms with van der Waals surface area (Å²) in [6.07, 6.45) is 3.38. The smallest absolute Gasteiger partial charge is 0.224 e.